The second kappa shape index (κ2) is 9.69. The Morgan fingerprint density at radius 1 is 1.32 bits per heavy atom. The first-order chi connectivity index (χ1) is 12.0. The number of rotatable bonds is 9. The molecule has 0 saturated heterocycles. The van der Waals surface area contributed by atoms with E-state index in [-0.39, 0.29) is 23.0 Å². The van der Waals surface area contributed by atoms with Gasteiger partial charge in [0, 0.05) is 13.7 Å². The number of nitrogens with one attached hydrogen (secondary N) is 2. The number of carbonyl (C=O) groups is 1. The summed E-state index contributed by atoms with van der Waals surface area (Å²) in [5, 5.41) is 14.5. The van der Waals surface area contributed by atoms with Crippen LogP contribution in [0.5, 0.6) is 0 Å². The van der Waals surface area contributed by atoms with Gasteiger partial charge in [0.15, 0.2) is 4.34 Å². The number of hydrogen-bond acceptors (Lipinski definition) is 7. The Kier molecular flexibility index (Phi) is 7.60. The van der Waals surface area contributed by atoms with Gasteiger partial charge in [0.05, 0.1) is 17.9 Å². The molecule has 1 aromatic carbocycles. The third-order valence-corrected chi connectivity index (χ3v) is 5.43. The van der Waals surface area contributed by atoms with Crippen LogP contribution in [-0.4, -0.2) is 41.6 Å². The predicted molar refractivity (Wildman–Crippen MR) is 98.6 cm³/mol. The molecule has 2 unspecified atom stereocenters. The maximum Gasteiger partial charge on any atom is 0.233 e. The highest BCUT2D eigenvalue weighted by molar-refractivity contribution is 8.02. The van der Waals surface area contributed by atoms with Crippen molar-refractivity contribution in [2.24, 2.45) is 0 Å². The van der Waals surface area contributed by atoms with Gasteiger partial charge in [-0.1, -0.05) is 35.2 Å². The number of ether oxygens (including phenoxy) is 1. The molecule has 6 nitrogen and oxygen atoms in total. The monoisotopic (exact) mass is 384 g/mol. The summed E-state index contributed by atoms with van der Waals surface area (Å²) in [6.45, 7) is 4.92. The van der Waals surface area contributed by atoms with E-state index in [2.05, 4.69) is 20.8 Å². The molecule has 1 amide bonds. The largest absolute Gasteiger partial charge is 0.383 e. The van der Waals surface area contributed by atoms with Crippen LogP contribution in [0, 0.1) is 5.82 Å². The van der Waals surface area contributed by atoms with Crippen LogP contribution in [0.4, 0.5) is 9.52 Å². The molecule has 1 heterocycles. The first kappa shape index (κ1) is 19.6. The third kappa shape index (κ3) is 6.26. The number of aromatic nitrogens is 2. The molecule has 0 aliphatic heterocycles. The van der Waals surface area contributed by atoms with Crippen molar-refractivity contribution in [3.8, 4) is 0 Å². The summed E-state index contributed by atoms with van der Waals surface area (Å²) >= 11 is 2.75. The van der Waals surface area contributed by atoms with Gasteiger partial charge in [0.2, 0.25) is 11.0 Å². The minimum Gasteiger partial charge on any atom is -0.383 e. The Hall–Kier alpha value is -1.71. The van der Waals surface area contributed by atoms with Crippen molar-refractivity contribution in [2.45, 2.75) is 29.5 Å². The van der Waals surface area contributed by atoms with Crippen LogP contribution in [0.2, 0.25) is 0 Å². The molecule has 0 aliphatic carbocycles. The lowest BCUT2D eigenvalue weighted by molar-refractivity contribution is -0.120. The summed E-state index contributed by atoms with van der Waals surface area (Å²) in [6.07, 6.45) is 0. The molecule has 136 valence electrons. The molecule has 9 heteroatoms. The normalized spacial score (nSPS) is 13.3. The zero-order valence-corrected chi connectivity index (χ0v) is 15.9. The minimum absolute atomic E-state index is 0.106. The Balaban J connectivity index is 1.84. The molecule has 0 saturated carbocycles. The Labute approximate surface area is 154 Å². The Morgan fingerprint density at radius 3 is 2.72 bits per heavy atom. The lowest BCUT2D eigenvalue weighted by Gasteiger charge is -2.17. The van der Waals surface area contributed by atoms with Crippen LogP contribution in [0.3, 0.4) is 0 Å². The Bertz CT molecular complexity index is 681. The van der Waals surface area contributed by atoms with Gasteiger partial charge in [-0.15, -0.1) is 10.2 Å². The van der Waals surface area contributed by atoms with E-state index in [4.69, 9.17) is 4.74 Å². The van der Waals surface area contributed by atoms with E-state index in [1.807, 2.05) is 13.8 Å². The molecule has 2 aromatic rings. The fourth-order valence-corrected chi connectivity index (χ4v) is 3.89. The van der Waals surface area contributed by atoms with Crippen molar-refractivity contribution >= 4 is 34.1 Å². The molecular weight excluding hydrogens is 363 g/mol. The summed E-state index contributed by atoms with van der Waals surface area (Å²) < 4.78 is 18.6. The SMILES string of the molecule is COCCNc1nnc(SC(C)C(=O)NC(C)c2ccc(F)cc2)s1. The van der Waals surface area contributed by atoms with Gasteiger partial charge in [0.1, 0.15) is 5.82 Å². The molecule has 2 atom stereocenters. The van der Waals surface area contributed by atoms with Gasteiger partial charge < -0.3 is 15.4 Å². The molecule has 0 aliphatic rings. The number of amides is 1. The number of halogens is 1. The van der Waals surface area contributed by atoms with Crippen molar-refractivity contribution in [1.29, 1.82) is 0 Å². The van der Waals surface area contributed by atoms with Gasteiger partial charge in [-0.25, -0.2) is 4.39 Å². The number of hydrogen-bond donors (Lipinski definition) is 2. The Morgan fingerprint density at radius 2 is 2.04 bits per heavy atom. The molecule has 1 aromatic heterocycles. The zero-order valence-electron chi connectivity index (χ0n) is 14.3. The lowest BCUT2D eigenvalue weighted by atomic mass is 10.1. The highest BCUT2D eigenvalue weighted by atomic mass is 32.2. The number of anilines is 1. The molecule has 2 N–H and O–H groups in total. The van der Waals surface area contributed by atoms with E-state index >= 15 is 0 Å². The van der Waals surface area contributed by atoms with Gasteiger partial charge in [-0.2, -0.15) is 0 Å². The second-order valence-corrected chi connectivity index (χ2v) is 7.90. The number of methoxy groups -OCH3 is 1. The van der Waals surface area contributed by atoms with Gasteiger partial charge >= 0.3 is 0 Å². The predicted octanol–water partition coefficient (Wildman–Crippen LogP) is 3.09. The fourth-order valence-electron chi connectivity index (χ4n) is 1.96. The number of carbonyl (C=O) groups excluding carboxylic acids is 1. The van der Waals surface area contributed by atoms with Crippen LogP contribution in [0.15, 0.2) is 28.6 Å². The highest BCUT2D eigenvalue weighted by Crippen LogP contribution is 2.29. The van der Waals surface area contributed by atoms with E-state index in [0.29, 0.717) is 18.3 Å². The summed E-state index contributed by atoms with van der Waals surface area (Å²) in [7, 11) is 1.64. The van der Waals surface area contributed by atoms with Crippen LogP contribution >= 0.6 is 23.1 Å². The third-order valence-electron chi connectivity index (χ3n) is 3.36. The molecule has 0 fully saturated rings. The van der Waals surface area contributed by atoms with Crippen molar-refractivity contribution in [3.05, 3.63) is 35.6 Å². The van der Waals surface area contributed by atoms with E-state index < -0.39 is 0 Å². The van der Waals surface area contributed by atoms with Crippen LogP contribution in [-0.2, 0) is 9.53 Å². The topological polar surface area (TPSA) is 76.1 Å². The highest BCUT2D eigenvalue weighted by Gasteiger charge is 2.19. The van der Waals surface area contributed by atoms with Crippen molar-refractivity contribution in [3.63, 3.8) is 0 Å². The van der Waals surface area contributed by atoms with Crippen LogP contribution < -0.4 is 10.6 Å². The smallest absolute Gasteiger partial charge is 0.233 e. The van der Waals surface area contributed by atoms with Gasteiger partial charge in [-0.3, -0.25) is 4.79 Å². The minimum atomic E-state index is -0.317. The van der Waals surface area contributed by atoms with E-state index in [1.54, 1.807) is 19.2 Å². The molecule has 0 spiro atoms. The average Bonchev–Trinajstić information content (AvgIpc) is 3.03. The molecule has 0 bridgehead atoms. The summed E-state index contributed by atoms with van der Waals surface area (Å²) in [6, 6.07) is 5.91. The molecular formula is C16H21FN4O2S2. The summed E-state index contributed by atoms with van der Waals surface area (Å²) in [4.78, 5) is 12.3. The van der Waals surface area contributed by atoms with E-state index in [0.717, 1.165) is 9.90 Å². The summed E-state index contributed by atoms with van der Waals surface area (Å²) in [5.74, 6) is -0.400. The van der Waals surface area contributed by atoms with Crippen LogP contribution in [0.1, 0.15) is 25.5 Å². The number of benzene rings is 1. The van der Waals surface area contributed by atoms with Crippen molar-refractivity contribution in [1.82, 2.24) is 15.5 Å². The fraction of sp³-hybridized carbons (Fsp3) is 0.438. The maximum absolute atomic E-state index is 13.0. The van der Waals surface area contributed by atoms with Gasteiger partial charge in [-0.05, 0) is 31.5 Å². The summed E-state index contributed by atoms with van der Waals surface area (Å²) in [5.41, 5.74) is 0.854. The number of thioether (sulfide) groups is 1. The van der Waals surface area contributed by atoms with E-state index in [9.17, 15) is 9.18 Å². The first-order valence-corrected chi connectivity index (χ1v) is 9.48. The van der Waals surface area contributed by atoms with Gasteiger partial charge in [0.25, 0.3) is 0 Å². The average molecular weight is 385 g/mol. The van der Waals surface area contributed by atoms with Crippen molar-refractivity contribution < 1.29 is 13.9 Å². The van der Waals surface area contributed by atoms with Crippen LogP contribution in [0.25, 0.3) is 0 Å². The molecule has 2 rings (SSSR count). The second-order valence-electron chi connectivity index (χ2n) is 5.33. The zero-order chi connectivity index (χ0) is 18.2. The molecule has 25 heavy (non-hydrogen) atoms. The first-order valence-electron chi connectivity index (χ1n) is 7.78. The molecule has 0 radical (unpaired) electrons. The quantitative estimate of drug-likeness (QED) is 0.511. The lowest BCUT2D eigenvalue weighted by Crippen LogP contribution is -2.33. The standard InChI is InChI=1S/C16H21FN4O2S2/c1-10(12-4-6-13(17)7-5-12)19-14(22)11(2)24-16-21-20-15(25-16)18-8-9-23-3/h4-7,10-11H,8-9H2,1-3H3,(H,18,20)(H,19,22). The van der Waals surface area contributed by atoms with E-state index in [1.165, 1.54) is 35.2 Å². The van der Waals surface area contributed by atoms with Crippen molar-refractivity contribution in [2.75, 3.05) is 25.6 Å². The maximum atomic E-state index is 13.0. The number of nitrogens with zero attached hydrogens (tertiary/aromatic N) is 2.